The monoisotopic (exact) mass is 535 g/mol. The van der Waals surface area contributed by atoms with E-state index < -0.39 is 0 Å². The number of aromatic nitrogens is 1. The Hall–Kier alpha value is -3.03. The summed E-state index contributed by atoms with van der Waals surface area (Å²) in [7, 11) is 0. The molecule has 0 aliphatic carbocycles. The highest BCUT2D eigenvalue weighted by molar-refractivity contribution is 9.10. The van der Waals surface area contributed by atoms with Crippen molar-refractivity contribution in [2.24, 2.45) is 5.10 Å². The number of hydrogen-bond donors (Lipinski definition) is 0. The number of nitrogens with zero attached hydrogens (tertiary/aromatic N) is 3. The highest BCUT2D eigenvalue weighted by Crippen LogP contribution is 2.32. The van der Waals surface area contributed by atoms with Crippen LogP contribution in [-0.4, -0.2) is 23.7 Å². The molecule has 1 heterocycles. The molecule has 4 rings (SSSR count). The molecule has 7 heteroatoms. The lowest BCUT2D eigenvalue weighted by Crippen LogP contribution is -2.25. The van der Waals surface area contributed by atoms with Gasteiger partial charge in [-0.25, -0.2) is 4.98 Å². The van der Waals surface area contributed by atoms with Crippen LogP contribution >= 0.6 is 27.3 Å². The molecule has 0 saturated heterocycles. The number of thiazole rings is 1. The van der Waals surface area contributed by atoms with Crippen LogP contribution in [0.3, 0.4) is 0 Å². The number of ether oxygens (including phenoxy) is 1. The molecule has 174 valence electrons. The molecule has 0 radical (unpaired) electrons. The minimum absolute atomic E-state index is 0.00743. The fourth-order valence-corrected chi connectivity index (χ4v) is 4.82. The van der Waals surface area contributed by atoms with Gasteiger partial charge in [0.15, 0.2) is 0 Å². The fourth-order valence-electron chi connectivity index (χ4n) is 3.34. The van der Waals surface area contributed by atoms with Gasteiger partial charge in [-0.15, -0.1) is 0 Å². The van der Waals surface area contributed by atoms with Crippen molar-refractivity contribution in [2.75, 3.05) is 11.6 Å². The van der Waals surface area contributed by atoms with Gasteiger partial charge in [-0.1, -0.05) is 60.2 Å². The Kier molecular flexibility index (Phi) is 7.14. The predicted molar refractivity (Wildman–Crippen MR) is 144 cm³/mol. The molecule has 0 unspecified atom stereocenters. The van der Waals surface area contributed by atoms with E-state index in [1.54, 1.807) is 6.21 Å². The van der Waals surface area contributed by atoms with Crippen LogP contribution in [0.15, 0.2) is 76.3 Å². The first-order valence-electron chi connectivity index (χ1n) is 11.0. The molecule has 0 spiro atoms. The second-order valence-corrected chi connectivity index (χ2v) is 10.7. The van der Waals surface area contributed by atoms with Gasteiger partial charge in [0.05, 0.1) is 23.0 Å². The molecule has 0 saturated carbocycles. The Bertz CT molecular complexity index is 1320. The summed E-state index contributed by atoms with van der Waals surface area (Å²) < 4.78 is 7.44. The largest absolute Gasteiger partial charge is 0.494 e. The maximum absolute atomic E-state index is 13.6. The van der Waals surface area contributed by atoms with Crippen LogP contribution in [0.5, 0.6) is 5.75 Å². The molecular weight excluding hydrogens is 510 g/mol. The van der Waals surface area contributed by atoms with Gasteiger partial charge < -0.3 is 4.74 Å². The van der Waals surface area contributed by atoms with Crippen molar-refractivity contribution >= 4 is 54.7 Å². The van der Waals surface area contributed by atoms with Crippen molar-refractivity contribution in [1.82, 2.24) is 4.98 Å². The van der Waals surface area contributed by atoms with Gasteiger partial charge in [-0.3, -0.25) is 4.79 Å². The number of halogens is 1. The minimum atomic E-state index is -0.235. The number of fused-ring (bicyclic) bond motifs is 1. The Balaban J connectivity index is 1.70. The third-order valence-electron chi connectivity index (χ3n) is 5.22. The van der Waals surface area contributed by atoms with Crippen LogP contribution in [0.2, 0.25) is 0 Å². The van der Waals surface area contributed by atoms with Gasteiger partial charge in [0, 0.05) is 10.0 Å². The second kappa shape index (κ2) is 10.1. The molecule has 4 aromatic rings. The van der Waals surface area contributed by atoms with E-state index in [0.29, 0.717) is 17.3 Å². The number of carbonyl (C=O) groups is 1. The topological polar surface area (TPSA) is 54.8 Å². The van der Waals surface area contributed by atoms with Gasteiger partial charge >= 0.3 is 0 Å². The SMILES string of the molecule is CCOc1ccc(/C=N/N(C(=O)c2ccc(C(C)(C)C)cc2)c2nc3ccc(Br)cc3s2)cc1. The van der Waals surface area contributed by atoms with Crippen LogP contribution in [0.1, 0.15) is 49.2 Å². The van der Waals surface area contributed by atoms with Gasteiger partial charge in [0.2, 0.25) is 5.13 Å². The summed E-state index contributed by atoms with van der Waals surface area (Å²) in [5, 5.41) is 6.45. The summed E-state index contributed by atoms with van der Waals surface area (Å²) >= 11 is 4.93. The number of rotatable bonds is 6. The van der Waals surface area contributed by atoms with E-state index in [-0.39, 0.29) is 11.3 Å². The molecule has 0 aliphatic heterocycles. The van der Waals surface area contributed by atoms with Crippen LogP contribution in [-0.2, 0) is 5.41 Å². The lowest BCUT2D eigenvalue weighted by atomic mass is 9.87. The quantitative estimate of drug-likeness (QED) is 0.190. The molecule has 0 aliphatic rings. The average Bonchev–Trinajstić information content (AvgIpc) is 3.22. The van der Waals surface area contributed by atoms with Crippen molar-refractivity contribution in [2.45, 2.75) is 33.1 Å². The average molecular weight is 536 g/mol. The highest BCUT2D eigenvalue weighted by Gasteiger charge is 2.22. The third-order valence-corrected chi connectivity index (χ3v) is 6.71. The van der Waals surface area contributed by atoms with Gasteiger partial charge in [-0.2, -0.15) is 10.1 Å². The lowest BCUT2D eigenvalue weighted by Gasteiger charge is -2.19. The molecule has 0 fully saturated rings. The zero-order chi connectivity index (χ0) is 24.3. The number of anilines is 1. The first kappa shape index (κ1) is 24.1. The molecule has 1 amide bonds. The summed E-state index contributed by atoms with van der Waals surface area (Å²) in [6, 6.07) is 21.1. The zero-order valence-electron chi connectivity index (χ0n) is 19.6. The molecule has 34 heavy (non-hydrogen) atoms. The van der Waals surface area contributed by atoms with Crippen LogP contribution in [0.25, 0.3) is 10.2 Å². The number of benzene rings is 3. The Morgan fingerprint density at radius 3 is 2.44 bits per heavy atom. The smallest absolute Gasteiger partial charge is 0.280 e. The van der Waals surface area contributed by atoms with E-state index in [0.717, 1.165) is 26.0 Å². The number of hydrazone groups is 1. The summed E-state index contributed by atoms with van der Waals surface area (Å²) in [6.07, 6.45) is 1.67. The number of amides is 1. The van der Waals surface area contributed by atoms with Crippen molar-refractivity contribution < 1.29 is 9.53 Å². The number of hydrogen-bond acceptors (Lipinski definition) is 5. The maximum atomic E-state index is 13.6. The van der Waals surface area contributed by atoms with Crippen molar-refractivity contribution in [1.29, 1.82) is 0 Å². The summed E-state index contributed by atoms with van der Waals surface area (Å²) in [5.74, 6) is 0.559. The van der Waals surface area contributed by atoms with Gasteiger partial charge in [0.1, 0.15) is 5.75 Å². The standard InChI is InChI=1S/C27H26BrN3O2S/c1-5-33-22-13-6-18(7-14-22)17-29-31(26-30-23-15-12-21(28)16-24(23)34-26)25(32)19-8-10-20(11-9-19)27(2,3)4/h6-17H,5H2,1-4H3/b29-17+. The van der Waals surface area contributed by atoms with E-state index in [1.165, 1.54) is 21.9 Å². The predicted octanol–water partition coefficient (Wildman–Crippen LogP) is 7.44. The van der Waals surface area contributed by atoms with Crippen molar-refractivity contribution in [3.63, 3.8) is 0 Å². The molecule has 5 nitrogen and oxygen atoms in total. The first-order valence-corrected chi connectivity index (χ1v) is 12.6. The summed E-state index contributed by atoms with van der Waals surface area (Å²) in [5.41, 5.74) is 3.40. The minimum Gasteiger partial charge on any atom is -0.494 e. The highest BCUT2D eigenvalue weighted by atomic mass is 79.9. The van der Waals surface area contributed by atoms with Crippen LogP contribution in [0, 0.1) is 0 Å². The Labute approximate surface area is 212 Å². The van der Waals surface area contributed by atoms with Crippen molar-refractivity contribution in [3.8, 4) is 5.75 Å². The van der Waals surface area contributed by atoms with E-state index >= 15 is 0 Å². The molecule has 3 aromatic carbocycles. The van der Waals surface area contributed by atoms with Gasteiger partial charge in [-0.05, 0) is 78.1 Å². The van der Waals surface area contributed by atoms with E-state index in [9.17, 15) is 4.79 Å². The third kappa shape index (κ3) is 5.54. The first-order chi connectivity index (χ1) is 16.2. The molecule has 0 N–H and O–H groups in total. The van der Waals surface area contributed by atoms with E-state index in [2.05, 4.69) is 46.8 Å². The molecule has 0 bridgehead atoms. The molecule has 0 atom stereocenters. The Morgan fingerprint density at radius 1 is 1.09 bits per heavy atom. The Morgan fingerprint density at radius 2 is 1.79 bits per heavy atom. The normalized spacial score (nSPS) is 11.8. The summed E-state index contributed by atoms with van der Waals surface area (Å²) in [6.45, 7) is 9.00. The summed E-state index contributed by atoms with van der Waals surface area (Å²) in [4.78, 5) is 18.2. The van der Waals surface area contributed by atoms with Crippen LogP contribution in [0.4, 0.5) is 5.13 Å². The number of carbonyl (C=O) groups excluding carboxylic acids is 1. The van der Waals surface area contributed by atoms with E-state index in [1.807, 2.05) is 73.7 Å². The second-order valence-electron chi connectivity index (χ2n) is 8.80. The van der Waals surface area contributed by atoms with Crippen molar-refractivity contribution in [3.05, 3.63) is 87.9 Å². The molecular formula is C27H26BrN3O2S. The fraction of sp³-hybridized carbons (Fsp3) is 0.222. The zero-order valence-corrected chi connectivity index (χ0v) is 22.0. The maximum Gasteiger partial charge on any atom is 0.280 e. The lowest BCUT2D eigenvalue weighted by molar-refractivity contribution is 0.0988. The van der Waals surface area contributed by atoms with Gasteiger partial charge in [0.25, 0.3) is 5.91 Å². The van der Waals surface area contributed by atoms with E-state index in [4.69, 9.17) is 4.74 Å². The molecule has 1 aromatic heterocycles. The van der Waals surface area contributed by atoms with Crippen LogP contribution < -0.4 is 9.75 Å².